The van der Waals surface area contributed by atoms with Crippen molar-refractivity contribution >= 4 is 22.5 Å². The summed E-state index contributed by atoms with van der Waals surface area (Å²) < 4.78 is 5.13. The highest BCUT2D eigenvalue weighted by Crippen LogP contribution is 2.21. The maximum Gasteiger partial charge on any atom is 0.257 e. The molecule has 0 unspecified atom stereocenters. The highest BCUT2D eigenvalue weighted by Gasteiger charge is 2.12. The normalized spacial score (nSPS) is 10.8. The SMILES string of the molecule is O=C(Nc1ccc(-c2nnco2)cc1)c1cccc2cn[nH]c12. The Hall–Kier alpha value is -3.48. The minimum Gasteiger partial charge on any atom is -0.423 e. The van der Waals surface area contributed by atoms with E-state index >= 15 is 0 Å². The lowest BCUT2D eigenvalue weighted by Gasteiger charge is -2.06. The van der Waals surface area contributed by atoms with Crippen LogP contribution in [0.5, 0.6) is 0 Å². The van der Waals surface area contributed by atoms with Gasteiger partial charge in [-0.25, -0.2) is 0 Å². The molecular formula is C16H11N5O2. The first-order valence-electron chi connectivity index (χ1n) is 6.91. The molecule has 0 atom stereocenters. The molecule has 0 fully saturated rings. The highest BCUT2D eigenvalue weighted by molar-refractivity contribution is 6.11. The van der Waals surface area contributed by atoms with Gasteiger partial charge in [0.05, 0.1) is 17.3 Å². The van der Waals surface area contributed by atoms with E-state index in [0.717, 1.165) is 10.9 Å². The molecule has 4 rings (SSSR count). The number of anilines is 1. The maximum absolute atomic E-state index is 12.4. The van der Waals surface area contributed by atoms with Gasteiger partial charge >= 0.3 is 0 Å². The summed E-state index contributed by atoms with van der Waals surface area (Å²) in [5.41, 5.74) is 2.72. The van der Waals surface area contributed by atoms with Gasteiger partial charge in [-0.1, -0.05) is 12.1 Å². The van der Waals surface area contributed by atoms with Crippen molar-refractivity contribution in [3.63, 3.8) is 0 Å². The number of nitrogens with zero attached hydrogens (tertiary/aromatic N) is 3. The van der Waals surface area contributed by atoms with E-state index in [2.05, 4.69) is 25.7 Å². The molecule has 23 heavy (non-hydrogen) atoms. The lowest BCUT2D eigenvalue weighted by molar-refractivity contribution is 0.102. The van der Waals surface area contributed by atoms with Crippen molar-refractivity contribution in [1.82, 2.24) is 20.4 Å². The van der Waals surface area contributed by atoms with E-state index < -0.39 is 0 Å². The maximum atomic E-state index is 12.4. The summed E-state index contributed by atoms with van der Waals surface area (Å²) in [6, 6.07) is 12.7. The predicted octanol–water partition coefficient (Wildman–Crippen LogP) is 2.87. The highest BCUT2D eigenvalue weighted by atomic mass is 16.4. The third-order valence-corrected chi connectivity index (χ3v) is 3.47. The van der Waals surface area contributed by atoms with Crippen LogP contribution in [0.2, 0.25) is 0 Å². The zero-order chi connectivity index (χ0) is 15.6. The molecule has 0 radical (unpaired) electrons. The van der Waals surface area contributed by atoms with Crippen LogP contribution in [-0.4, -0.2) is 26.3 Å². The zero-order valence-corrected chi connectivity index (χ0v) is 11.9. The average molecular weight is 305 g/mol. The van der Waals surface area contributed by atoms with Crippen molar-refractivity contribution in [2.75, 3.05) is 5.32 Å². The fourth-order valence-corrected chi connectivity index (χ4v) is 2.35. The molecule has 2 N–H and O–H groups in total. The third-order valence-electron chi connectivity index (χ3n) is 3.47. The quantitative estimate of drug-likeness (QED) is 0.606. The summed E-state index contributed by atoms with van der Waals surface area (Å²) in [4.78, 5) is 12.4. The lowest BCUT2D eigenvalue weighted by Crippen LogP contribution is -2.12. The van der Waals surface area contributed by atoms with Crippen molar-refractivity contribution in [3.05, 3.63) is 60.6 Å². The molecule has 0 aliphatic carbocycles. The number of carbonyl (C=O) groups is 1. The number of H-pyrrole nitrogens is 1. The van der Waals surface area contributed by atoms with Gasteiger partial charge in [0.25, 0.3) is 5.91 Å². The molecule has 112 valence electrons. The van der Waals surface area contributed by atoms with Crippen LogP contribution in [0.15, 0.2) is 59.5 Å². The Kier molecular flexibility index (Phi) is 3.09. The van der Waals surface area contributed by atoms with Gasteiger partial charge in [0.2, 0.25) is 12.3 Å². The van der Waals surface area contributed by atoms with E-state index in [1.165, 1.54) is 6.39 Å². The molecule has 0 saturated heterocycles. The van der Waals surface area contributed by atoms with E-state index in [0.29, 0.717) is 22.7 Å². The van der Waals surface area contributed by atoms with Gasteiger partial charge in [-0.2, -0.15) is 5.10 Å². The van der Waals surface area contributed by atoms with E-state index in [1.807, 2.05) is 12.1 Å². The van der Waals surface area contributed by atoms with E-state index in [9.17, 15) is 4.79 Å². The molecule has 4 aromatic rings. The minimum absolute atomic E-state index is 0.203. The number of carbonyl (C=O) groups excluding carboxylic acids is 1. The first kappa shape index (κ1) is 13.2. The van der Waals surface area contributed by atoms with Crippen LogP contribution in [-0.2, 0) is 0 Å². The third kappa shape index (κ3) is 2.44. The van der Waals surface area contributed by atoms with Crippen LogP contribution >= 0.6 is 0 Å². The van der Waals surface area contributed by atoms with Gasteiger partial charge < -0.3 is 9.73 Å². The van der Waals surface area contributed by atoms with Crippen LogP contribution in [0.25, 0.3) is 22.4 Å². The van der Waals surface area contributed by atoms with Crippen molar-refractivity contribution in [2.24, 2.45) is 0 Å². The molecule has 7 nitrogen and oxygen atoms in total. The second-order valence-corrected chi connectivity index (χ2v) is 4.92. The summed E-state index contributed by atoms with van der Waals surface area (Å²) in [6.07, 6.45) is 2.96. The summed E-state index contributed by atoms with van der Waals surface area (Å²) in [5, 5.41) is 18.0. The molecular weight excluding hydrogens is 294 g/mol. The largest absolute Gasteiger partial charge is 0.423 e. The number of rotatable bonds is 3. The van der Waals surface area contributed by atoms with E-state index in [-0.39, 0.29) is 5.91 Å². The van der Waals surface area contributed by atoms with Crippen molar-refractivity contribution in [1.29, 1.82) is 0 Å². The fourth-order valence-electron chi connectivity index (χ4n) is 2.35. The Balaban J connectivity index is 1.58. The first-order chi connectivity index (χ1) is 11.3. The summed E-state index contributed by atoms with van der Waals surface area (Å²) >= 11 is 0. The van der Waals surface area contributed by atoms with Crippen LogP contribution in [0, 0.1) is 0 Å². The molecule has 2 heterocycles. The first-order valence-corrected chi connectivity index (χ1v) is 6.91. The Bertz CT molecular complexity index is 958. The van der Waals surface area contributed by atoms with Crippen molar-refractivity contribution in [2.45, 2.75) is 0 Å². The molecule has 2 aromatic carbocycles. The van der Waals surface area contributed by atoms with Gasteiger partial charge in [-0.3, -0.25) is 9.89 Å². The standard InChI is InChI=1S/C16H11N5O2/c22-15(13-3-1-2-11-8-17-20-14(11)13)19-12-6-4-10(5-7-12)16-21-18-9-23-16/h1-9H,(H,17,20)(H,19,22). The van der Waals surface area contributed by atoms with Crippen LogP contribution < -0.4 is 5.32 Å². The van der Waals surface area contributed by atoms with Crippen LogP contribution in [0.1, 0.15) is 10.4 Å². The topological polar surface area (TPSA) is 96.7 Å². The van der Waals surface area contributed by atoms with E-state index in [1.54, 1.807) is 36.5 Å². The molecule has 1 amide bonds. The number of hydrogen-bond acceptors (Lipinski definition) is 5. The minimum atomic E-state index is -0.203. The number of fused-ring (bicyclic) bond motifs is 1. The molecule has 2 aromatic heterocycles. The van der Waals surface area contributed by atoms with Crippen molar-refractivity contribution < 1.29 is 9.21 Å². The number of para-hydroxylation sites is 1. The average Bonchev–Trinajstić information content (AvgIpc) is 3.26. The number of amides is 1. The van der Waals surface area contributed by atoms with Gasteiger partial charge in [-0.15, -0.1) is 10.2 Å². The summed E-state index contributed by atoms with van der Waals surface area (Å²) in [7, 11) is 0. The van der Waals surface area contributed by atoms with Gasteiger partial charge in [0.1, 0.15) is 0 Å². The molecule has 0 aliphatic rings. The fraction of sp³-hybridized carbons (Fsp3) is 0. The number of benzene rings is 2. The number of hydrogen-bond donors (Lipinski definition) is 2. The Morgan fingerprint density at radius 3 is 2.78 bits per heavy atom. The number of aromatic nitrogens is 4. The molecule has 0 bridgehead atoms. The van der Waals surface area contributed by atoms with Gasteiger partial charge in [-0.05, 0) is 30.3 Å². The van der Waals surface area contributed by atoms with E-state index in [4.69, 9.17) is 4.42 Å². The van der Waals surface area contributed by atoms with Crippen LogP contribution in [0.4, 0.5) is 5.69 Å². The Morgan fingerprint density at radius 2 is 2.00 bits per heavy atom. The van der Waals surface area contributed by atoms with Crippen molar-refractivity contribution in [3.8, 4) is 11.5 Å². The molecule has 0 spiro atoms. The van der Waals surface area contributed by atoms with Gasteiger partial charge in [0.15, 0.2) is 0 Å². The molecule has 0 aliphatic heterocycles. The monoisotopic (exact) mass is 305 g/mol. The lowest BCUT2D eigenvalue weighted by atomic mass is 10.1. The molecule has 0 saturated carbocycles. The molecule has 7 heteroatoms. The predicted molar refractivity (Wildman–Crippen MR) is 83.8 cm³/mol. The van der Waals surface area contributed by atoms with Gasteiger partial charge in [0, 0.05) is 16.6 Å². The summed E-state index contributed by atoms with van der Waals surface area (Å²) in [6.45, 7) is 0. The number of aromatic amines is 1. The number of nitrogens with one attached hydrogen (secondary N) is 2. The Labute approximate surface area is 130 Å². The smallest absolute Gasteiger partial charge is 0.257 e. The second kappa shape index (κ2) is 5.38. The Morgan fingerprint density at radius 1 is 1.13 bits per heavy atom. The van der Waals surface area contributed by atoms with Crippen LogP contribution in [0.3, 0.4) is 0 Å². The summed E-state index contributed by atoms with van der Waals surface area (Å²) in [5.74, 6) is 0.232. The second-order valence-electron chi connectivity index (χ2n) is 4.92. The zero-order valence-electron chi connectivity index (χ0n) is 11.9.